The third-order valence-corrected chi connectivity index (χ3v) is 3.22. The summed E-state index contributed by atoms with van der Waals surface area (Å²) in [6.07, 6.45) is -4.46. The Morgan fingerprint density at radius 1 is 1.52 bits per heavy atom. The standard InChI is InChI=1S/C11H10F4N4O2/c12-7-3-6(11(13,14)15)4-17-9(7)10(20)1-2-21-5-8(10)18-19-16/h3-4,8,20H,1-2,5H2. The topological polar surface area (TPSA) is 91.1 Å². The van der Waals surface area contributed by atoms with E-state index in [4.69, 9.17) is 10.3 Å². The molecule has 6 nitrogen and oxygen atoms in total. The van der Waals surface area contributed by atoms with Gasteiger partial charge in [0.15, 0.2) is 0 Å². The van der Waals surface area contributed by atoms with E-state index in [1.807, 2.05) is 0 Å². The number of pyridine rings is 1. The lowest BCUT2D eigenvalue weighted by molar-refractivity contribution is -0.138. The van der Waals surface area contributed by atoms with Crippen molar-refractivity contribution in [2.75, 3.05) is 13.2 Å². The van der Waals surface area contributed by atoms with Crippen LogP contribution in [0.3, 0.4) is 0 Å². The van der Waals surface area contributed by atoms with Gasteiger partial charge in [0, 0.05) is 24.1 Å². The largest absolute Gasteiger partial charge is 0.417 e. The van der Waals surface area contributed by atoms with E-state index >= 15 is 0 Å². The number of rotatable bonds is 2. The summed E-state index contributed by atoms with van der Waals surface area (Å²) in [5, 5.41) is 13.8. The van der Waals surface area contributed by atoms with Crippen molar-refractivity contribution in [1.82, 2.24) is 4.98 Å². The van der Waals surface area contributed by atoms with Crippen LogP contribution in [0.4, 0.5) is 17.6 Å². The molecular weight excluding hydrogens is 296 g/mol. The van der Waals surface area contributed by atoms with Crippen molar-refractivity contribution in [3.8, 4) is 0 Å². The van der Waals surface area contributed by atoms with Gasteiger partial charge in [-0.25, -0.2) is 4.39 Å². The Hall–Kier alpha value is -1.90. The Labute approximate surface area is 116 Å². The third-order valence-electron chi connectivity index (χ3n) is 3.22. The highest BCUT2D eigenvalue weighted by molar-refractivity contribution is 5.25. The van der Waals surface area contributed by atoms with Gasteiger partial charge in [0.05, 0.1) is 18.2 Å². The van der Waals surface area contributed by atoms with E-state index in [9.17, 15) is 22.7 Å². The van der Waals surface area contributed by atoms with Crippen LogP contribution in [-0.4, -0.2) is 29.3 Å². The van der Waals surface area contributed by atoms with Gasteiger partial charge in [0.25, 0.3) is 0 Å². The van der Waals surface area contributed by atoms with Gasteiger partial charge in [0.2, 0.25) is 0 Å². The van der Waals surface area contributed by atoms with Gasteiger partial charge in [-0.3, -0.25) is 4.98 Å². The fourth-order valence-electron chi connectivity index (χ4n) is 2.11. The molecule has 2 unspecified atom stereocenters. The van der Waals surface area contributed by atoms with Gasteiger partial charge in [-0.2, -0.15) is 13.2 Å². The number of aliphatic hydroxyl groups is 1. The Morgan fingerprint density at radius 2 is 2.24 bits per heavy atom. The van der Waals surface area contributed by atoms with Crippen LogP contribution in [0.25, 0.3) is 10.4 Å². The molecule has 1 aliphatic rings. The molecule has 0 saturated carbocycles. The van der Waals surface area contributed by atoms with Crippen molar-refractivity contribution in [2.45, 2.75) is 24.2 Å². The number of ether oxygens (including phenoxy) is 1. The predicted octanol–water partition coefficient (Wildman–Crippen LogP) is 2.53. The molecule has 2 rings (SSSR count). The highest BCUT2D eigenvalue weighted by Gasteiger charge is 2.44. The molecule has 0 aliphatic carbocycles. The van der Waals surface area contributed by atoms with Gasteiger partial charge in [-0.1, -0.05) is 5.11 Å². The van der Waals surface area contributed by atoms with Crippen molar-refractivity contribution in [3.05, 3.63) is 39.8 Å². The number of nitrogens with zero attached hydrogens (tertiary/aromatic N) is 4. The van der Waals surface area contributed by atoms with Crippen LogP contribution in [0, 0.1) is 5.82 Å². The number of halogens is 4. The van der Waals surface area contributed by atoms with Crippen molar-refractivity contribution in [1.29, 1.82) is 0 Å². The van der Waals surface area contributed by atoms with E-state index in [2.05, 4.69) is 15.0 Å². The zero-order valence-corrected chi connectivity index (χ0v) is 10.5. The lowest BCUT2D eigenvalue weighted by Crippen LogP contribution is -2.47. The van der Waals surface area contributed by atoms with Crippen LogP contribution >= 0.6 is 0 Å². The Balaban J connectivity index is 2.46. The lowest BCUT2D eigenvalue weighted by Gasteiger charge is -2.36. The van der Waals surface area contributed by atoms with Gasteiger partial charge < -0.3 is 9.84 Å². The van der Waals surface area contributed by atoms with Gasteiger partial charge in [-0.05, 0) is 11.6 Å². The van der Waals surface area contributed by atoms with Crippen LogP contribution < -0.4 is 0 Å². The second kappa shape index (κ2) is 5.47. The molecule has 21 heavy (non-hydrogen) atoms. The lowest BCUT2D eigenvalue weighted by atomic mass is 9.85. The highest BCUT2D eigenvalue weighted by atomic mass is 19.4. The first-order valence-corrected chi connectivity index (χ1v) is 5.86. The first kappa shape index (κ1) is 15.5. The fraction of sp³-hybridized carbons (Fsp3) is 0.545. The molecule has 2 atom stereocenters. The maximum absolute atomic E-state index is 13.9. The average Bonchev–Trinajstić information content (AvgIpc) is 2.40. The molecular formula is C11H10F4N4O2. The summed E-state index contributed by atoms with van der Waals surface area (Å²) in [5.74, 6) is -1.31. The minimum Gasteiger partial charge on any atom is -0.383 e. The first-order valence-electron chi connectivity index (χ1n) is 5.86. The van der Waals surface area contributed by atoms with Crippen molar-refractivity contribution in [2.24, 2.45) is 5.11 Å². The van der Waals surface area contributed by atoms with Crippen molar-refractivity contribution >= 4 is 0 Å². The van der Waals surface area contributed by atoms with Gasteiger partial charge in [-0.15, -0.1) is 0 Å². The van der Waals surface area contributed by atoms with Crippen molar-refractivity contribution < 1.29 is 27.4 Å². The Kier molecular flexibility index (Phi) is 4.04. The maximum Gasteiger partial charge on any atom is 0.417 e. The first-order chi connectivity index (χ1) is 9.79. The molecule has 1 aromatic rings. The SMILES string of the molecule is [N-]=[N+]=NC1COCCC1(O)c1ncc(C(F)(F)F)cc1F. The van der Waals surface area contributed by atoms with E-state index in [1.54, 1.807) is 0 Å². The number of alkyl halides is 3. The van der Waals surface area contributed by atoms with E-state index < -0.39 is 34.9 Å². The zero-order valence-electron chi connectivity index (χ0n) is 10.5. The summed E-state index contributed by atoms with van der Waals surface area (Å²) in [5.41, 5.74) is 4.59. The minimum absolute atomic E-state index is 0.0378. The second-order valence-electron chi connectivity index (χ2n) is 4.52. The molecule has 1 aliphatic heterocycles. The molecule has 0 aromatic carbocycles. The van der Waals surface area contributed by atoms with Crippen LogP contribution in [0.2, 0.25) is 0 Å². The molecule has 1 N–H and O–H groups in total. The normalized spacial score (nSPS) is 26.2. The monoisotopic (exact) mass is 306 g/mol. The molecule has 1 fully saturated rings. The zero-order chi connectivity index (χ0) is 15.7. The van der Waals surface area contributed by atoms with E-state index in [0.717, 1.165) is 0 Å². The van der Waals surface area contributed by atoms with Crippen LogP contribution in [0.15, 0.2) is 17.4 Å². The predicted molar refractivity (Wildman–Crippen MR) is 61.5 cm³/mol. The highest BCUT2D eigenvalue weighted by Crippen LogP contribution is 2.36. The third kappa shape index (κ3) is 2.92. The summed E-state index contributed by atoms with van der Waals surface area (Å²) in [6.45, 7) is -0.140. The van der Waals surface area contributed by atoms with E-state index in [0.29, 0.717) is 6.20 Å². The molecule has 1 aromatic heterocycles. The minimum atomic E-state index is -4.74. The summed E-state index contributed by atoms with van der Waals surface area (Å²) in [7, 11) is 0. The second-order valence-corrected chi connectivity index (χ2v) is 4.52. The number of aromatic nitrogens is 1. The Morgan fingerprint density at radius 3 is 2.81 bits per heavy atom. The molecule has 114 valence electrons. The van der Waals surface area contributed by atoms with E-state index in [-0.39, 0.29) is 25.7 Å². The Bertz CT molecular complexity index is 588. The van der Waals surface area contributed by atoms with Crippen LogP contribution in [0.1, 0.15) is 17.7 Å². The summed E-state index contributed by atoms with van der Waals surface area (Å²) in [6, 6.07) is -0.918. The maximum atomic E-state index is 13.9. The molecule has 10 heteroatoms. The van der Waals surface area contributed by atoms with Crippen LogP contribution in [0.5, 0.6) is 0 Å². The number of hydrogen-bond acceptors (Lipinski definition) is 4. The number of hydrogen-bond donors (Lipinski definition) is 1. The summed E-state index contributed by atoms with van der Waals surface area (Å²) < 4.78 is 56.4. The molecule has 0 spiro atoms. The van der Waals surface area contributed by atoms with Gasteiger partial charge in [0.1, 0.15) is 17.1 Å². The average molecular weight is 306 g/mol. The van der Waals surface area contributed by atoms with Crippen LogP contribution in [-0.2, 0) is 16.5 Å². The number of azide groups is 1. The summed E-state index contributed by atoms with van der Waals surface area (Å²) >= 11 is 0. The van der Waals surface area contributed by atoms with Gasteiger partial charge >= 0.3 is 6.18 Å². The molecule has 0 bridgehead atoms. The molecule has 0 radical (unpaired) electrons. The molecule has 1 saturated heterocycles. The fourth-order valence-corrected chi connectivity index (χ4v) is 2.11. The van der Waals surface area contributed by atoms with Crippen molar-refractivity contribution in [3.63, 3.8) is 0 Å². The molecule has 2 heterocycles. The molecule has 0 amide bonds. The van der Waals surface area contributed by atoms with E-state index in [1.165, 1.54) is 0 Å². The summed E-state index contributed by atoms with van der Waals surface area (Å²) in [4.78, 5) is 5.91. The smallest absolute Gasteiger partial charge is 0.383 e. The quantitative estimate of drug-likeness (QED) is 0.394.